The normalized spacial score (nSPS) is 16.8. The van der Waals surface area contributed by atoms with Crippen molar-refractivity contribution in [2.24, 2.45) is 0 Å². The number of nitrogens with one attached hydrogen (secondary N) is 1. The van der Waals surface area contributed by atoms with E-state index in [1.165, 1.54) is 0 Å². The molecule has 2 aliphatic rings. The molecule has 2 amide bonds. The quantitative estimate of drug-likeness (QED) is 0.767. The van der Waals surface area contributed by atoms with Crippen molar-refractivity contribution in [3.05, 3.63) is 59.7 Å². The number of nitrogens with zero attached hydrogens (tertiary/aromatic N) is 2. The standard InChI is InChI=1S/C23H27N3O3/c27-22-11-10-19-20(24-22)8-4-9-21(19)29-17-5-12-25-13-15-26(16-14-25)23(28)18-6-2-1-3-7-18/h1-4,6-9H,5,10-17H2,(H,24,27). The number of ether oxygens (including phenoxy) is 1. The third-order valence-corrected chi connectivity index (χ3v) is 5.57. The van der Waals surface area contributed by atoms with Gasteiger partial charge in [0.25, 0.3) is 5.91 Å². The molecule has 4 rings (SSSR count). The average Bonchev–Trinajstić information content (AvgIpc) is 2.77. The highest BCUT2D eigenvalue weighted by Gasteiger charge is 2.22. The lowest BCUT2D eigenvalue weighted by Crippen LogP contribution is -2.49. The van der Waals surface area contributed by atoms with E-state index in [2.05, 4.69) is 10.2 Å². The molecule has 0 aliphatic carbocycles. The largest absolute Gasteiger partial charge is 0.493 e. The Bertz CT molecular complexity index is 861. The predicted molar refractivity (Wildman–Crippen MR) is 112 cm³/mol. The first kappa shape index (κ1) is 19.5. The summed E-state index contributed by atoms with van der Waals surface area (Å²) in [5.41, 5.74) is 2.73. The van der Waals surface area contributed by atoms with Gasteiger partial charge in [0.05, 0.1) is 6.61 Å². The fraction of sp³-hybridized carbons (Fsp3) is 0.391. The maximum Gasteiger partial charge on any atom is 0.253 e. The van der Waals surface area contributed by atoms with Crippen molar-refractivity contribution < 1.29 is 14.3 Å². The Hall–Kier alpha value is -2.86. The summed E-state index contributed by atoms with van der Waals surface area (Å²) >= 11 is 0. The third-order valence-electron chi connectivity index (χ3n) is 5.57. The molecule has 6 nitrogen and oxygen atoms in total. The van der Waals surface area contributed by atoms with Crippen LogP contribution in [0.1, 0.15) is 28.8 Å². The van der Waals surface area contributed by atoms with E-state index in [1.54, 1.807) is 0 Å². The zero-order valence-corrected chi connectivity index (χ0v) is 16.6. The van der Waals surface area contributed by atoms with Crippen LogP contribution in [0.5, 0.6) is 5.75 Å². The van der Waals surface area contributed by atoms with E-state index >= 15 is 0 Å². The Labute approximate surface area is 171 Å². The van der Waals surface area contributed by atoms with E-state index < -0.39 is 0 Å². The summed E-state index contributed by atoms with van der Waals surface area (Å²) in [6.45, 7) is 4.92. The molecule has 0 spiro atoms. The van der Waals surface area contributed by atoms with Gasteiger partial charge in [0.1, 0.15) is 5.75 Å². The van der Waals surface area contributed by atoms with Crippen molar-refractivity contribution in [1.29, 1.82) is 0 Å². The van der Waals surface area contributed by atoms with Gasteiger partial charge >= 0.3 is 0 Å². The number of carbonyl (C=O) groups is 2. The van der Waals surface area contributed by atoms with Crippen LogP contribution in [0, 0.1) is 0 Å². The van der Waals surface area contributed by atoms with Crippen molar-refractivity contribution >= 4 is 17.5 Å². The topological polar surface area (TPSA) is 61.9 Å². The Morgan fingerprint density at radius 1 is 0.966 bits per heavy atom. The smallest absolute Gasteiger partial charge is 0.253 e. The molecule has 1 fully saturated rings. The number of hydrogen-bond donors (Lipinski definition) is 1. The van der Waals surface area contributed by atoms with Crippen molar-refractivity contribution in [2.45, 2.75) is 19.3 Å². The van der Waals surface area contributed by atoms with Gasteiger partial charge in [-0.3, -0.25) is 14.5 Å². The number of hydrogen-bond acceptors (Lipinski definition) is 4. The van der Waals surface area contributed by atoms with E-state index in [-0.39, 0.29) is 11.8 Å². The van der Waals surface area contributed by atoms with Crippen LogP contribution in [-0.4, -0.2) is 60.9 Å². The lowest BCUT2D eigenvalue weighted by Gasteiger charge is -2.34. The van der Waals surface area contributed by atoms with Crippen molar-refractivity contribution in [2.75, 3.05) is 44.6 Å². The monoisotopic (exact) mass is 393 g/mol. The van der Waals surface area contributed by atoms with Gasteiger partial charge in [-0.2, -0.15) is 0 Å². The van der Waals surface area contributed by atoms with E-state index in [0.29, 0.717) is 13.0 Å². The second-order valence-electron chi connectivity index (χ2n) is 7.53. The Balaban J connectivity index is 1.20. The summed E-state index contributed by atoms with van der Waals surface area (Å²) in [6.07, 6.45) is 2.18. The maximum absolute atomic E-state index is 12.5. The van der Waals surface area contributed by atoms with Crippen LogP contribution in [-0.2, 0) is 11.2 Å². The molecule has 6 heteroatoms. The van der Waals surface area contributed by atoms with E-state index in [1.807, 2.05) is 53.4 Å². The van der Waals surface area contributed by atoms with Gasteiger partial charge in [-0.1, -0.05) is 24.3 Å². The summed E-state index contributed by atoms with van der Waals surface area (Å²) in [4.78, 5) is 28.4. The minimum atomic E-state index is 0.0690. The van der Waals surface area contributed by atoms with Gasteiger partial charge in [-0.05, 0) is 37.1 Å². The van der Waals surface area contributed by atoms with Crippen molar-refractivity contribution in [1.82, 2.24) is 9.80 Å². The van der Waals surface area contributed by atoms with Crippen LogP contribution in [0.4, 0.5) is 5.69 Å². The summed E-state index contributed by atoms with van der Waals surface area (Å²) < 4.78 is 6.01. The van der Waals surface area contributed by atoms with Gasteiger partial charge in [0.15, 0.2) is 0 Å². The fourth-order valence-corrected chi connectivity index (χ4v) is 3.94. The van der Waals surface area contributed by atoms with E-state index in [9.17, 15) is 9.59 Å². The van der Waals surface area contributed by atoms with Crippen molar-refractivity contribution in [3.63, 3.8) is 0 Å². The van der Waals surface area contributed by atoms with Crippen LogP contribution in [0.15, 0.2) is 48.5 Å². The Morgan fingerprint density at radius 3 is 2.55 bits per heavy atom. The lowest BCUT2D eigenvalue weighted by molar-refractivity contribution is -0.116. The molecule has 0 radical (unpaired) electrons. The van der Waals surface area contributed by atoms with Gasteiger partial charge in [-0.15, -0.1) is 0 Å². The molecule has 2 aromatic rings. The first-order valence-electron chi connectivity index (χ1n) is 10.3. The molecule has 0 atom stereocenters. The summed E-state index contributed by atoms with van der Waals surface area (Å²) in [5, 5.41) is 2.91. The van der Waals surface area contributed by atoms with E-state index in [4.69, 9.17) is 4.74 Å². The van der Waals surface area contributed by atoms with Crippen LogP contribution >= 0.6 is 0 Å². The molecule has 1 N–H and O–H groups in total. The molecule has 0 aromatic heterocycles. The summed E-state index contributed by atoms with van der Waals surface area (Å²) in [6, 6.07) is 15.3. The molecular weight excluding hydrogens is 366 g/mol. The number of benzene rings is 2. The van der Waals surface area contributed by atoms with Gasteiger partial charge in [0, 0.05) is 56.0 Å². The number of piperazine rings is 1. The summed E-state index contributed by atoms with van der Waals surface area (Å²) in [5.74, 6) is 1.06. The third kappa shape index (κ3) is 4.77. The molecule has 0 bridgehead atoms. The average molecular weight is 393 g/mol. The minimum absolute atomic E-state index is 0.0690. The highest BCUT2D eigenvalue weighted by Crippen LogP contribution is 2.31. The molecular formula is C23H27N3O3. The van der Waals surface area contributed by atoms with E-state index in [0.717, 1.165) is 68.1 Å². The fourth-order valence-electron chi connectivity index (χ4n) is 3.94. The van der Waals surface area contributed by atoms with Gasteiger partial charge in [-0.25, -0.2) is 0 Å². The first-order valence-corrected chi connectivity index (χ1v) is 10.3. The Morgan fingerprint density at radius 2 is 1.76 bits per heavy atom. The summed E-state index contributed by atoms with van der Waals surface area (Å²) in [7, 11) is 0. The maximum atomic E-state index is 12.5. The highest BCUT2D eigenvalue weighted by atomic mass is 16.5. The molecule has 0 saturated carbocycles. The molecule has 0 unspecified atom stereocenters. The zero-order valence-electron chi connectivity index (χ0n) is 16.6. The predicted octanol–water partition coefficient (Wildman–Crippen LogP) is 2.80. The molecule has 2 aromatic carbocycles. The molecule has 152 valence electrons. The minimum Gasteiger partial charge on any atom is -0.493 e. The first-order chi connectivity index (χ1) is 14.2. The lowest BCUT2D eigenvalue weighted by atomic mass is 10.0. The zero-order chi connectivity index (χ0) is 20.1. The van der Waals surface area contributed by atoms with Crippen LogP contribution in [0.3, 0.4) is 0 Å². The Kier molecular flexibility index (Phi) is 6.10. The SMILES string of the molecule is O=C1CCc2c(cccc2OCCCN2CCN(C(=O)c3ccccc3)CC2)N1. The van der Waals surface area contributed by atoms with Gasteiger partial charge in [0.2, 0.25) is 5.91 Å². The molecule has 29 heavy (non-hydrogen) atoms. The number of carbonyl (C=O) groups excluding carboxylic acids is 2. The van der Waals surface area contributed by atoms with Crippen LogP contribution in [0.2, 0.25) is 0 Å². The molecule has 2 heterocycles. The number of anilines is 1. The highest BCUT2D eigenvalue weighted by molar-refractivity contribution is 5.94. The number of rotatable bonds is 6. The van der Waals surface area contributed by atoms with Crippen molar-refractivity contribution in [3.8, 4) is 5.75 Å². The number of amides is 2. The molecule has 1 saturated heterocycles. The second kappa shape index (κ2) is 9.09. The van der Waals surface area contributed by atoms with Gasteiger partial charge < -0.3 is 15.0 Å². The molecule has 2 aliphatic heterocycles. The van der Waals surface area contributed by atoms with Crippen LogP contribution in [0.25, 0.3) is 0 Å². The number of fused-ring (bicyclic) bond motifs is 1. The van der Waals surface area contributed by atoms with Crippen LogP contribution < -0.4 is 10.1 Å². The second-order valence-corrected chi connectivity index (χ2v) is 7.53.